The highest BCUT2D eigenvalue weighted by Crippen LogP contribution is 2.43. The van der Waals surface area contributed by atoms with E-state index in [-0.39, 0.29) is 31.7 Å². The SMILES string of the molecule is CCCCOCC1O[C@@H](O[C@H]2C(OCCCC)[C@@H](OCCCC)C(COCCCC)O[C@H]2OC2[C@@H]3OC(c4ccccc4)OCC3O[C@@H](O[C@@H]3C(COCCCC)O[C@@H](OCCCC)[C@@H](C)C3OCCCC)[C@@H]2OCCCC)[C@@H](C)C(OCCCC)[C@@H]1OCCCC. The molecule has 6 rings (SSSR count). The lowest BCUT2D eigenvalue weighted by atomic mass is 9.91. The maximum Gasteiger partial charge on any atom is 0.187 e. The number of hydrogen-bond donors (Lipinski definition) is 0. The zero-order valence-electron chi connectivity index (χ0n) is 59.3. The van der Waals surface area contributed by atoms with Gasteiger partial charge in [0.1, 0.15) is 73.2 Å². The van der Waals surface area contributed by atoms with Crippen LogP contribution in [0.2, 0.25) is 0 Å². The van der Waals surface area contributed by atoms with Crippen molar-refractivity contribution < 1.29 is 90.0 Å². The fourth-order valence-electron chi connectivity index (χ4n) is 12.3. The molecule has 0 aromatic heterocycles. The fourth-order valence-corrected chi connectivity index (χ4v) is 12.3. The molecule has 1 aromatic carbocycles. The summed E-state index contributed by atoms with van der Waals surface area (Å²) in [5.74, 6) is -0.554. The topological polar surface area (TPSA) is 175 Å². The molecule has 0 N–H and O–H groups in total. The standard InChI is InChI=1S/C73H130O19/c1-13-23-38-74-48-55-61(79-43-28-18-6)59(77-41-26-16-4)53(12)70(86-55)92-68-65(81-45-30-20-8)62(80-44-29-19-7)56(49-75-39-24-14-2)87-73(68)91-66-64-58(51-84-71(89-64)54-36-34-33-35-37-54)88-72(67(66)82-46-31-21-9)90-63-57(50-76-40-25-15-3)85-69(83-47-32-22-10)52(11)60(63)78-42-27-17-5/h33-37,52-53,55-73H,13-32,38-51H2,1-12H3/t52-,53-,55?,56?,57?,58?,59?,60?,61+,62-,63+,64+,65?,66?,67+,68-,69+,70-,71?,72-,73-/m0/s1. The number of fused-ring (bicyclic) bond motifs is 1. The molecule has 5 fully saturated rings. The van der Waals surface area contributed by atoms with Gasteiger partial charge in [0, 0.05) is 83.5 Å². The molecule has 5 aliphatic heterocycles. The van der Waals surface area contributed by atoms with Gasteiger partial charge in [0.15, 0.2) is 31.5 Å². The van der Waals surface area contributed by atoms with Crippen LogP contribution < -0.4 is 0 Å². The molecule has 19 heteroatoms. The second-order valence-corrected chi connectivity index (χ2v) is 26.0. The smallest absolute Gasteiger partial charge is 0.187 e. The number of unbranched alkanes of at least 4 members (excludes halogenated alkanes) is 10. The minimum atomic E-state index is -1.16. The number of rotatable bonds is 50. The van der Waals surface area contributed by atoms with Crippen LogP contribution in [-0.4, -0.2) is 203 Å². The summed E-state index contributed by atoms with van der Waals surface area (Å²) in [5.41, 5.74) is 0.855. The third-order valence-electron chi connectivity index (χ3n) is 18.1. The first-order valence-electron chi connectivity index (χ1n) is 37.1. The van der Waals surface area contributed by atoms with Crippen LogP contribution in [0.4, 0.5) is 0 Å². The highest BCUT2D eigenvalue weighted by atomic mass is 16.8. The van der Waals surface area contributed by atoms with Crippen molar-refractivity contribution in [3.05, 3.63) is 35.9 Å². The van der Waals surface area contributed by atoms with Gasteiger partial charge in [0.2, 0.25) is 0 Å². The minimum absolute atomic E-state index is 0.155. The van der Waals surface area contributed by atoms with E-state index >= 15 is 0 Å². The van der Waals surface area contributed by atoms with Crippen molar-refractivity contribution in [3.8, 4) is 0 Å². The molecule has 1 aromatic rings. The van der Waals surface area contributed by atoms with Gasteiger partial charge in [-0.1, -0.05) is 178 Å². The lowest BCUT2D eigenvalue weighted by molar-refractivity contribution is -0.418. The Hall–Kier alpha value is -1.54. The first-order valence-corrected chi connectivity index (χ1v) is 37.1. The normalized spacial score (nSPS) is 33.5. The molecule has 0 radical (unpaired) electrons. The van der Waals surface area contributed by atoms with E-state index < -0.39 is 117 Å². The van der Waals surface area contributed by atoms with E-state index in [1.165, 1.54) is 0 Å². The first kappa shape index (κ1) is 79.4. The maximum atomic E-state index is 7.89. The van der Waals surface area contributed by atoms with Crippen LogP contribution in [-0.2, 0) is 90.0 Å². The molecular weight excluding hydrogens is 1180 g/mol. The second-order valence-electron chi connectivity index (χ2n) is 26.0. The fraction of sp³-hybridized carbons (Fsp3) is 0.918. The van der Waals surface area contributed by atoms with Gasteiger partial charge in [-0.2, -0.15) is 0 Å². The summed E-state index contributed by atoms with van der Waals surface area (Å²) in [6.45, 7) is 32.1. The highest BCUT2D eigenvalue weighted by molar-refractivity contribution is 5.17. The van der Waals surface area contributed by atoms with Gasteiger partial charge in [-0.3, -0.25) is 0 Å². The van der Waals surface area contributed by atoms with E-state index in [1.807, 2.05) is 30.3 Å². The van der Waals surface area contributed by atoms with E-state index in [1.54, 1.807) is 0 Å². The Kier molecular flexibility index (Phi) is 40.3. The van der Waals surface area contributed by atoms with E-state index in [0.29, 0.717) is 72.7 Å². The van der Waals surface area contributed by atoms with Gasteiger partial charge < -0.3 is 90.0 Å². The molecule has 21 atom stereocenters. The number of benzene rings is 1. The Balaban J connectivity index is 1.52. The monoisotopic (exact) mass is 1310 g/mol. The first-order chi connectivity index (χ1) is 45.1. The molecule has 0 bridgehead atoms. The van der Waals surface area contributed by atoms with Gasteiger partial charge in [0.05, 0.1) is 38.6 Å². The van der Waals surface area contributed by atoms with Gasteiger partial charge >= 0.3 is 0 Å². The number of hydrogen-bond acceptors (Lipinski definition) is 19. The lowest BCUT2D eigenvalue weighted by Gasteiger charge is -2.54. The number of ether oxygens (including phenoxy) is 19. The predicted octanol–water partition coefficient (Wildman–Crippen LogP) is 13.8. The van der Waals surface area contributed by atoms with E-state index in [0.717, 1.165) is 134 Å². The van der Waals surface area contributed by atoms with Gasteiger partial charge in [-0.05, 0) is 64.2 Å². The zero-order valence-corrected chi connectivity index (χ0v) is 59.3. The van der Waals surface area contributed by atoms with Gasteiger partial charge in [-0.15, -0.1) is 0 Å². The van der Waals surface area contributed by atoms with E-state index in [2.05, 4.69) is 83.1 Å². The van der Waals surface area contributed by atoms with Crippen LogP contribution in [0, 0.1) is 11.8 Å². The van der Waals surface area contributed by atoms with Crippen LogP contribution in [0.15, 0.2) is 30.3 Å². The van der Waals surface area contributed by atoms with Crippen LogP contribution in [0.5, 0.6) is 0 Å². The summed E-state index contributed by atoms with van der Waals surface area (Å²) in [6, 6.07) is 9.98. The molecule has 0 aliphatic carbocycles. The van der Waals surface area contributed by atoms with Gasteiger partial charge in [0.25, 0.3) is 0 Å². The van der Waals surface area contributed by atoms with Crippen molar-refractivity contribution >= 4 is 0 Å². The Bertz CT molecular complexity index is 1950. The minimum Gasteiger partial charge on any atom is -0.379 e. The molecule has 0 amide bonds. The second kappa shape index (κ2) is 46.7. The Morgan fingerprint density at radius 3 is 1.18 bits per heavy atom. The van der Waals surface area contributed by atoms with Gasteiger partial charge in [-0.25, -0.2) is 0 Å². The van der Waals surface area contributed by atoms with Crippen LogP contribution >= 0.6 is 0 Å². The molecule has 536 valence electrons. The predicted molar refractivity (Wildman–Crippen MR) is 354 cm³/mol. The highest BCUT2D eigenvalue weighted by Gasteiger charge is 2.59. The van der Waals surface area contributed by atoms with Crippen LogP contribution in [0.3, 0.4) is 0 Å². The van der Waals surface area contributed by atoms with E-state index in [9.17, 15) is 0 Å². The average Bonchev–Trinajstić information content (AvgIpc) is 0.763. The summed E-state index contributed by atoms with van der Waals surface area (Å²) in [6.07, 6.45) is 4.54. The molecule has 5 aliphatic rings. The Morgan fingerprint density at radius 1 is 0.326 bits per heavy atom. The molecule has 5 saturated heterocycles. The summed E-state index contributed by atoms with van der Waals surface area (Å²) in [7, 11) is 0. The van der Waals surface area contributed by atoms with Crippen molar-refractivity contribution in [1.29, 1.82) is 0 Å². The quantitative estimate of drug-likeness (QED) is 0.0563. The molecule has 9 unspecified atom stereocenters. The molecule has 92 heavy (non-hydrogen) atoms. The zero-order chi connectivity index (χ0) is 65.7. The maximum absolute atomic E-state index is 7.89. The largest absolute Gasteiger partial charge is 0.379 e. The van der Waals surface area contributed by atoms with Crippen LogP contribution in [0.1, 0.15) is 223 Å². The summed E-state index contributed by atoms with van der Waals surface area (Å²) < 4.78 is 134. The molecule has 5 heterocycles. The molecular formula is C73H130O19. The average molecular weight is 1310 g/mol. The van der Waals surface area contributed by atoms with Crippen molar-refractivity contribution in [1.82, 2.24) is 0 Å². The molecule has 0 spiro atoms. The Morgan fingerprint density at radius 2 is 0.685 bits per heavy atom. The Labute approximate surface area is 556 Å². The van der Waals surface area contributed by atoms with Crippen molar-refractivity contribution in [2.45, 2.75) is 328 Å². The van der Waals surface area contributed by atoms with Crippen LogP contribution in [0.25, 0.3) is 0 Å². The van der Waals surface area contributed by atoms with E-state index in [4.69, 9.17) is 90.0 Å². The molecule has 0 saturated carbocycles. The lowest BCUT2D eigenvalue weighted by Crippen LogP contribution is -2.69. The summed E-state index contributed by atoms with van der Waals surface area (Å²) >= 11 is 0. The summed E-state index contributed by atoms with van der Waals surface area (Å²) in [4.78, 5) is 0. The molecule has 19 nitrogen and oxygen atoms in total. The third-order valence-corrected chi connectivity index (χ3v) is 18.1. The van der Waals surface area contributed by atoms with Crippen molar-refractivity contribution in [2.75, 3.05) is 92.5 Å². The third kappa shape index (κ3) is 25.0. The summed E-state index contributed by atoms with van der Waals surface area (Å²) in [5, 5.41) is 0. The van der Waals surface area contributed by atoms with Crippen molar-refractivity contribution in [3.63, 3.8) is 0 Å². The van der Waals surface area contributed by atoms with Crippen molar-refractivity contribution in [2.24, 2.45) is 11.8 Å².